The molecule has 0 atom stereocenters. The number of unbranched alkanes of at least 4 members (excludes halogenated alkanes) is 6. The molecule has 0 amide bonds. The average Bonchev–Trinajstić information content (AvgIpc) is 2.73. The van der Waals surface area contributed by atoms with Crippen molar-refractivity contribution in [2.45, 2.75) is 44.9 Å². The molecule has 0 spiro atoms. The van der Waals surface area contributed by atoms with Crippen molar-refractivity contribution in [1.82, 2.24) is 4.90 Å². The van der Waals surface area contributed by atoms with Crippen molar-refractivity contribution in [2.75, 3.05) is 34.4 Å². The second-order valence-corrected chi connectivity index (χ2v) is 8.14. The van der Waals surface area contributed by atoms with E-state index in [-0.39, 0.29) is 0 Å². The Hall–Kier alpha value is -2.26. The van der Waals surface area contributed by atoms with E-state index in [2.05, 4.69) is 61.5 Å². The van der Waals surface area contributed by atoms with Crippen LogP contribution in [0.25, 0.3) is 21.5 Å². The van der Waals surface area contributed by atoms with Crippen molar-refractivity contribution < 1.29 is 9.47 Å². The third-order valence-corrected chi connectivity index (χ3v) is 5.52. The predicted octanol–water partition coefficient (Wildman–Crippen LogP) is 6.67. The van der Waals surface area contributed by atoms with Gasteiger partial charge in [0, 0.05) is 10.8 Å². The summed E-state index contributed by atoms with van der Waals surface area (Å²) in [6.07, 6.45) is 8.98. The van der Waals surface area contributed by atoms with Gasteiger partial charge >= 0.3 is 0 Å². The van der Waals surface area contributed by atoms with E-state index in [1.807, 2.05) is 6.07 Å². The SMILES string of the molecule is COc1ccc2cc3ccccc3c(OCCCCCCCCCN(C)C)c2c1. The van der Waals surface area contributed by atoms with Gasteiger partial charge in [0.15, 0.2) is 0 Å². The molecule has 0 saturated carbocycles. The van der Waals surface area contributed by atoms with Gasteiger partial charge in [-0.05, 0) is 62.5 Å². The van der Waals surface area contributed by atoms with E-state index in [4.69, 9.17) is 9.47 Å². The van der Waals surface area contributed by atoms with Crippen LogP contribution >= 0.6 is 0 Å². The molecule has 29 heavy (non-hydrogen) atoms. The first kappa shape index (κ1) is 21.4. The lowest BCUT2D eigenvalue weighted by Gasteiger charge is -2.14. The minimum absolute atomic E-state index is 0.765. The Morgan fingerprint density at radius 3 is 2.17 bits per heavy atom. The van der Waals surface area contributed by atoms with E-state index in [1.165, 1.54) is 61.2 Å². The van der Waals surface area contributed by atoms with E-state index >= 15 is 0 Å². The molecule has 0 N–H and O–H groups in total. The lowest BCUT2D eigenvalue weighted by molar-refractivity contribution is 0.310. The molecular weight excluding hydrogens is 358 g/mol. The topological polar surface area (TPSA) is 21.7 Å². The van der Waals surface area contributed by atoms with Crippen LogP contribution in [0, 0.1) is 0 Å². The Balaban J connectivity index is 1.55. The Bertz CT molecular complexity index is 904. The standard InChI is InChI=1S/C26H35NO2/c1-27(2)17-11-7-5-4-6-8-12-18-29-26-24-14-10-9-13-21(24)19-22-15-16-23(28-3)20-25(22)26/h9-10,13-16,19-20H,4-8,11-12,17-18H2,1-3H3. The summed E-state index contributed by atoms with van der Waals surface area (Å²) in [6, 6.07) is 16.9. The van der Waals surface area contributed by atoms with Crippen LogP contribution in [0.1, 0.15) is 44.9 Å². The van der Waals surface area contributed by atoms with E-state index in [1.54, 1.807) is 7.11 Å². The Morgan fingerprint density at radius 2 is 1.41 bits per heavy atom. The van der Waals surface area contributed by atoms with Crippen molar-refractivity contribution in [2.24, 2.45) is 0 Å². The summed E-state index contributed by atoms with van der Waals surface area (Å²) in [4.78, 5) is 2.27. The van der Waals surface area contributed by atoms with Gasteiger partial charge in [0.05, 0.1) is 13.7 Å². The van der Waals surface area contributed by atoms with Crippen molar-refractivity contribution in [1.29, 1.82) is 0 Å². The van der Waals surface area contributed by atoms with Crippen LogP contribution in [0.15, 0.2) is 48.5 Å². The molecule has 0 unspecified atom stereocenters. The third kappa shape index (κ3) is 6.11. The fourth-order valence-electron chi connectivity index (χ4n) is 3.87. The molecule has 0 bridgehead atoms. The first-order chi connectivity index (χ1) is 14.2. The Labute approximate surface area is 175 Å². The highest BCUT2D eigenvalue weighted by Crippen LogP contribution is 2.36. The van der Waals surface area contributed by atoms with Crippen LogP contribution < -0.4 is 9.47 Å². The number of nitrogens with zero attached hydrogens (tertiary/aromatic N) is 1. The molecule has 3 aromatic rings. The number of benzene rings is 3. The summed E-state index contributed by atoms with van der Waals surface area (Å²) in [5, 5.41) is 4.72. The number of hydrogen-bond donors (Lipinski definition) is 0. The Morgan fingerprint density at radius 1 is 0.724 bits per heavy atom. The maximum absolute atomic E-state index is 6.34. The zero-order valence-electron chi connectivity index (χ0n) is 18.2. The zero-order chi connectivity index (χ0) is 20.5. The van der Waals surface area contributed by atoms with E-state index in [9.17, 15) is 0 Å². The summed E-state index contributed by atoms with van der Waals surface area (Å²) in [6.45, 7) is 1.97. The highest BCUT2D eigenvalue weighted by atomic mass is 16.5. The molecule has 0 radical (unpaired) electrons. The molecule has 0 aliphatic heterocycles. The molecule has 0 aliphatic rings. The molecule has 0 aromatic heterocycles. The average molecular weight is 394 g/mol. The minimum Gasteiger partial charge on any atom is -0.497 e. The largest absolute Gasteiger partial charge is 0.497 e. The van der Waals surface area contributed by atoms with Crippen molar-refractivity contribution in [3.05, 3.63) is 48.5 Å². The molecule has 3 rings (SSSR count). The monoisotopic (exact) mass is 393 g/mol. The smallest absolute Gasteiger partial charge is 0.135 e. The number of hydrogen-bond acceptors (Lipinski definition) is 3. The molecule has 3 nitrogen and oxygen atoms in total. The second kappa shape index (κ2) is 11.1. The zero-order valence-corrected chi connectivity index (χ0v) is 18.2. The first-order valence-electron chi connectivity index (χ1n) is 11.0. The van der Waals surface area contributed by atoms with Gasteiger partial charge < -0.3 is 14.4 Å². The third-order valence-electron chi connectivity index (χ3n) is 5.52. The van der Waals surface area contributed by atoms with Crippen LogP contribution in [0.3, 0.4) is 0 Å². The lowest BCUT2D eigenvalue weighted by Crippen LogP contribution is -2.12. The summed E-state index contributed by atoms with van der Waals surface area (Å²) in [5.41, 5.74) is 0. The van der Waals surface area contributed by atoms with Gasteiger partial charge in [-0.15, -0.1) is 0 Å². The summed E-state index contributed by atoms with van der Waals surface area (Å²) >= 11 is 0. The molecule has 3 heteroatoms. The second-order valence-electron chi connectivity index (χ2n) is 8.14. The van der Waals surface area contributed by atoms with Gasteiger partial charge in [0.25, 0.3) is 0 Å². The first-order valence-corrected chi connectivity index (χ1v) is 11.0. The quantitative estimate of drug-likeness (QED) is 0.253. The molecular formula is C26H35NO2. The maximum atomic E-state index is 6.34. The molecule has 3 aromatic carbocycles. The van der Waals surface area contributed by atoms with E-state index in [0.29, 0.717) is 0 Å². The molecule has 0 fully saturated rings. The Kier molecular flexibility index (Phi) is 8.18. The fourth-order valence-corrected chi connectivity index (χ4v) is 3.87. The van der Waals surface area contributed by atoms with Crippen LogP contribution in [0.5, 0.6) is 11.5 Å². The molecule has 0 saturated heterocycles. The van der Waals surface area contributed by atoms with Crippen molar-refractivity contribution in [3.63, 3.8) is 0 Å². The number of fused-ring (bicyclic) bond motifs is 2. The predicted molar refractivity (Wildman–Crippen MR) is 124 cm³/mol. The van der Waals surface area contributed by atoms with Crippen LogP contribution in [-0.2, 0) is 0 Å². The number of methoxy groups -OCH3 is 1. The summed E-state index contributed by atoms with van der Waals surface area (Å²) < 4.78 is 11.8. The van der Waals surface area contributed by atoms with E-state index < -0.39 is 0 Å². The van der Waals surface area contributed by atoms with Crippen molar-refractivity contribution >= 4 is 21.5 Å². The lowest BCUT2D eigenvalue weighted by atomic mass is 10.0. The normalized spacial score (nSPS) is 11.4. The highest BCUT2D eigenvalue weighted by Gasteiger charge is 2.10. The van der Waals surface area contributed by atoms with Crippen molar-refractivity contribution in [3.8, 4) is 11.5 Å². The van der Waals surface area contributed by atoms with Crippen LogP contribution in [-0.4, -0.2) is 39.3 Å². The van der Waals surface area contributed by atoms with Crippen LogP contribution in [0.4, 0.5) is 0 Å². The molecule has 156 valence electrons. The van der Waals surface area contributed by atoms with Gasteiger partial charge in [-0.3, -0.25) is 0 Å². The minimum atomic E-state index is 0.765. The number of ether oxygens (including phenoxy) is 2. The summed E-state index contributed by atoms with van der Waals surface area (Å²) in [5.74, 6) is 1.85. The van der Waals surface area contributed by atoms with Gasteiger partial charge in [0.1, 0.15) is 11.5 Å². The van der Waals surface area contributed by atoms with Gasteiger partial charge in [-0.25, -0.2) is 0 Å². The van der Waals surface area contributed by atoms with Gasteiger partial charge in [-0.1, -0.05) is 62.4 Å². The van der Waals surface area contributed by atoms with E-state index in [0.717, 1.165) is 29.9 Å². The number of rotatable bonds is 12. The molecule has 0 aliphatic carbocycles. The molecule has 0 heterocycles. The fraction of sp³-hybridized carbons (Fsp3) is 0.462. The van der Waals surface area contributed by atoms with Gasteiger partial charge in [-0.2, -0.15) is 0 Å². The highest BCUT2D eigenvalue weighted by molar-refractivity contribution is 6.05. The van der Waals surface area contributed by atoms with Crippen LogP contribution in [0.2, 0.25) is 0 Å². The maximum Gasteiger partial charge on any atom is 0.135 e. The van der Waals surface area contributed by atoms with Gasteiger partial charge in [0.2, 0.25) is 0 Å². The summed E-state index contributed by atoms with van der Waals surface area (Å²) in [7, 11) is 6.01.